The van der Waals surface area contributed by atoms with Crippen molar-refractivity contribution in [2.75, 3.05) is 11.6 Å². The van der Waals surface area contributed by atoms with Gasteiger partial charge in [-0.2, -0.15) is 0 Å². The average molecular weight is 216 g/mol. The molecule has 13 heavy (non-hydrogen) atoms. The molecule has 0 radical (unpaired) electrons. The molecule has 2 aliphatic heterocycles. The van der Waals surface area contributed by atoms with Crippen molar-refractivity contribution < 1.29 is 4.79 Å². The lowest BCUT2D eigenvalue weighted by Gasteiger charge is -2.40. The summed E-state index contributed by atoms with van der Waals surface area (Å²) in [5, 5.41) is 0.403. The Kier molecular flexibility index (Phi) is 2.65. The van der Waals surface area contributed by atoms with Gasteiger partial charge in [0.2, 0.25) is 5.91 Å². The van der Waals surface area contributed by atoms with Crippen LogP contribution in [0.15, 0.2) is 23.9 Å². The third kappa shape index (κ3) is 1.76. The molecule has 2 heterocycles. The first-order chi connectivity index (χ1) is 6.31. The zero-order chi connectivity index (χ0) is 9.26. The van der Waals surface area contributed by atoms with Gasteiger partial charge in [0.1, 0.15) is 0 Å². The summed E-state index contributed by atoms with van der Waals surface area (Å²) in [6.07, 6.45) is 6.53. The summed E-state index contributed by atoms with van der Waals surface area (Å²) in [5.41, 5.74) is 1.18. The quantitative estimate of drug-likeness (QED) is 0.519. The van der Waals surface area contributed by atoms with Crippen molar-refractivity contribution in [3.8, 4) is 0 Å². The minimum absolute atomic E-state index is 0.231. The van der Waals surface area contributed by atoms with Crippen LogP contribution in [0.5, 0.6) is 0 Å². The van der Waals surface area contributed by atoms with Gasteiger partial charge < -0.3 is 4.90 Å². The molecule has 0 N–H and O–H groups in total. The van der Waals surface area contributed by atoms with E-state index in [1.165, 1.54) is 5.57 Å². The Bertz CT molecular complexity index is 287. The fourth-order valence-electron chi connectivity index (χ4n) is 1.39. The highest BCUT2D eigenvalue weighted by Crippen LogP contribution is 2.35. The number of hydrogen-bond donors (Lipinski definition) is 0. The number of hydrogen-bond acceptors (Lipinski definition) is 2. The number of fused-ring (bicyclic) bond motifs is 1. The fourth-order valence-corrected chi connectivity index (χ4v) is 2.64. The van der Waals surface area contributed by atoms with Crippen molar-refractivity contribution in [2.24, 2.45) is 0 Å². The number of carbonyl (C=O) groups is 1. The lowest BCUT2D eigenvalue weighted by molar-refractivity contribution is -0.137. The average Bonchev–Trinajstić information content (AvgIpc) is 2.14. The highest BCUT2D eigenvalue weighted by Gasteiger charge is 2.37. The number of thioether (sulfide) groups is 1. The fraction of sp³-hybridized carbons (Fsp3) is 0.444. The van der Waals surface area contributed by atoms with Crippen LogP contribution in [0, 0.1) is 0 Å². The monoisotopic (exact) mass is 215 g/mol. The Morgan fingerprint density at radius 3 is 3.31 bits per heavy atom. The van der Waals surface area contributed by atoms with Crippen molar-refractivity contribution in [1.82, 2.24) is 4.90 Å². The van der Waals surface area contributed by atoms with E-state index in [0.29, 0.717) is 17.7 Å². The second kappa shape index (κ2) is 3.76. The van der Waals surface area contributed by atoms with Gasteiger partial charge in [0, 0.05) is 17.8 Å². The number of allylic oxidation sites excluding steroid dienone is 2. The third-order valence-corrected chi connectivity index (χ3v) is 3.57. The van der Waals surface area contributed by atoms with Gasteiger partial charge in [0.05, 0.1) is 11.8 Å². The maximum atomic E-state index is 11.1. The second-order valence-corrected chi connectivity index (χ2v) is 4.51. The lowest BCUT2D eigenvalue weighted by atomic mass is 10.2. The molecule has 0 aromatic carbocycles. The molecule has 1 atom stereocenters. The molecule has 70 valence electrons. The number of halogens is 1. The highest BCUT2D eigenvalue weighted by molar-refractivity contribution is 8.00. The zero-order valence-corrected chi connectivity index (χ0v) is 8.64. The van der Waals surface area contributed by atoms with Crippen LogP contribution in [0.2, 0.25) is 0 Å². The van der Waals surface area contributed by atoms with Crippen LogP contribution >= 0.6 is 23.4 Å². The highest BCUT2D eigenvalue weighted by atomic mass is 35.5. The first kappa shape index (κ1) is 9.16. The summed E-state index contributed by atoms with van der Waals surface area (Å²) in [4.78, 5) is 12.9. The van der Waals surface area contributed by atoms with Gasteiger partial charge in [-0.15, -0.1) is 23.4 Å². The molecule has 2 aliphatic rings. The maximum absolute atomic E-state index is 11.1. The van der Waals surface area contributed by atoms with E-state index in [1.54, 1.807) is 0 Å². The SMILES string of the molecule is O=C1C[C@H]2SCC(/C=C\CCl)=CN12. The predicted molar refractivity (Wildman–Crippen MR) is 55.7 cm³/mol. The van der Waals surface area contributed by atoms with Crippen molar-refractivity contribution >= 4 is 29.3 Å². The molecule has 0 bridgehead atoms. The number of rotatable bonds is 2. The Morgan fingerprint density at radius 2 is 2.62 bits per heavy atom. The molecule has 0 unspecified atom stereocenters. The van der Waals surface area contributed by atoms with Gasteiger partial charge in [-0.05, 0) is 5.57 Å². The third-order valence-electron chi connectivity index (χ3n) is 2.12. The summed E-state index contributed by atoms with van der Waals surface area (Å²) in [6, 6.07) is 0. The Labute approximate surface area is 86.6 Å². The second-order valence-electron chi connectivity index (χ2n) is 3.03. The van der Waals surface area contributed by atoms with Crippen LogP contribution in [0.4, 0.5) is 0 Å². The summed E-state index contributed by atoms with van der Waals surface area (Å²) in [6.45, 7) is 0. The largest absolute Gasteiger partial charge is 0.306 e. The van der Waals surface area contributed by atoms with Gasteiger partial charge in [-0.3, -0.25) is 4.79 Å². The van der Waals surface area contributed by atoms with Crippen molar-refractivity contribution in [3.05, 3.63) is 23.9 Å². The number of amides is 1. The molecule has 2 nitrogen and oxygen atoms in total. The molecule has 1 fully saturated rings. The summed E-state index contributed by atoms with van der Waals surface area (Å²) in [7, 11) is 0. The van der Waals surface area contributed by atoms with E-state index in [9.17, 15) is 4.79 Å². The van der Waals surface area contributed by atoms with Crippen LogP contribution in [-0.4, -0.2) is 27.8 Å². The molecule has 2 rings (SSSR count). The molecule has 0 aliphatic carbocycles. The van der Waals surface area contributed by atoms with Gasteiger partial charge in [0.15, 0.2) is 0 Å². The number of nitrogens with zero attached hydrogens (tertiary/aromatic N) is 1. The zero-order valence-electron chi connectivity index (χ0n) is 7.07. The minimum atomic E-state index is 0.231. The van der Waals surface area contributed by atoms with Gasteiger partial charge in [-0.25, -0.2) is 0 Å². The summed E-state index contributed by atoms with van der Waals surface area (Å²) < 4.78 is 0. The summed E-state index contributed by atoms with van der Waals surface area (Å²) >= 11 is 7.34. The molecule has 0 aromatic rings. The van der Waals surface area contributed by atoms with Crippen LogP contribution < -0.4 is 0 Å². The smallest absolute Gasteiger partial charge is 0.230 e. The first-order valence-corrected chi connectivity index (χ1v) is 5.75. The van der Waals surface area contributed by atoms with Crippen LogP contribution in [-0.2, 0) is 4.79 Å². The molecular formula is C9H10ClNOS. The van der Waals surface area contributed by atoms with Gasteiger partial charge in [0.25, 0.3) is 0 Å². The summed E-state index contributed by atoms with van der Waals surface area (Å²) in [5.74, 6) is 1.75. The van der Waals surface area contributed by atoms with E-state index in [0.717, 1.165) is 5.75 Å². The standard InChI is InChI=1S/C9H10ClNOS/c10-3-1-2-7-5-11-8(12)4-9(11)13-6-7/h1-2,5,9H,3-4,6H2/b2-1-/t9-/m1/s1. The number of alkyl halides is 1. The Morgan fingerprint density at radius 1 is 1.77 bits per heavy atom. The van der Waals surface area contributed by atoms with Crippen molar-refractivity contribution in [3.63, 3.8) is 0 Å². The van der Waals surface area contributed by atoms with Crippen LogP contribution in [0.25, 0.3) is 0 Å². The van der Waals surface area contributed by atoms with Crippen molar-refractivity contribution in [1.29, 1.82) is 0 Å². The molecule has 0 aromatic heterocycles. The molecule has 4 heteroatoms. The molecule has 0 spiro atoms. The van der Waals surface area contributed by atoms with Gasteiger partial charge in [-0.1, -0.05) is 12.2 Å². The van der Waals surface area contributed by atoms with Gasteiger partial charge >= 0.3 is 0 Å². The molecule has 1 saturated heterocycles. The minimum Gasteiger partial charge on any atom is -0.306 e. The molecular weight excluding hydrogens is 206 g/mol. The normalized spacial score (nSPS) is 27.2. The number of carbonyl (C=O) groups excluding carboxylic acids is 1. The van der Waals surface area contributed by atoms with E-state index >= 15 is 0 Å². The first-order valence-electron chi connectivity index (χ1n) is 4.17. The topological polar surface area (TPSA) is 20.3 Å². The lowest BCUT2D eigenvalue weighted by Crippen LogP contribution is -2.48. The molecule has 0 saturated carbocycles. The Balaban J connectivity index is 2.05. The van der Waals surface area contributed by atoms with E-state index in [-0.39, 0.29) is 5.91 Å². The molecule has 1 amide bonds. The van der Waals surface area contributed by atoms with E-state index in [4.69, 9.17) is 11.6 Å². The Hall–Kier alpha value is -0.410. The predicted octanol–water partition coefficient (Wildman–Crippen LogP) is 1.97. The van der Waals surface area contributed by atoms with Crippen LogP contribution in [0.1, 0.15) is 6.42 Å². The number of β-lactam (4-membered cyclic amide) rings is 1. The van der Waals surface area contributed by atoms with E-state index < -0.39 is 0 Å². The maximum Gasteiger partial charge on any atom is 0.230 e. The van der Waals surface area contributed by atoms with E-state index in [2.05, 4.69) is 0 Å². The van der Waals surface area contributed by atoms with Crippen molar-refractivity contribution in [2.45, 2.75) is 11.8 Å². The van der Waals surface area contributed by atoms with E-state index in [1.807, 2.05) is 35.0 Å². The van der Waals surface area contributed by atoms with Crippen LogP contribution in [0.3, 0.4) is 0 Å².